The number of carbonyl (C=O) groups is 1. The molecule has 0 aliphatic carbocycles. The molecule has 2 aromatic rings. The number of hydrogen-bond acceptors (Lipinski definition) is 4. The molecule has 2 aliphatic rings. The Labute approximate surface area is 175 Å². The van der Waals surface area contributed by atoms with Crippen LogP contribution in [0.5, 0.6) is 0 Å². The third-order valence-electron chi connectivity index (χ3n) is 6.29. The lowest BCUT2D eigenvalue weighted by atomic mass is 9.92. The summed E-state index contributed by atoms with van der Waals surface area (Å²) in [6.07, 6.45) is 4.77. The zero-order chi connectivity index (χ0) is 19.5. The monoisotopic (exact) mass is 444 g/mol. The summed E-state index contributed by atoms with van der Waals surface area (Å²) in [5.74, 6) is 0.861. The van der Waals surface area contributed by atoms with Crippen molar-refractivity contribution in [2.45, 2.75) is 26.2 Å². The van der Waals surface area contributed by atoms with Gasteiger partial charge in [-0.25, -0.2) is 0 Å². The van der Waals surface area contributed by atoms with E-state index in [1.165, 1.54) is 11.1 Å². The van der Waals surface area contributed by atoms with E-state index < -0.39 is 0 Å². The summed E-state index contributed by atoms with van der Waals surface area (Å²) in [7, 11) is 0. The van der Waals surface area contributed by atoms with Crippen molar-refractivity contribution in [3.63, 3.8) is 0 Å². The fraction of sp³-hybridized carbons (Fsp3) is 0.545. The highest BCUT2D eigenvalue weighted by Gasteiger charge is 2.26. The lowest BCUT2D eigenvalue weighted by molar-refractivity contribution is -0.134. The van der Waals surface area contributed by atoms with Gasteiger partial charge in [-0.15, -0.1) is 0 Å². The molecular formula is C22H29BrN4O. The Hall–Kier alpha value is -1.66. The second kappa shape index (κ2) is 8.78. The van der Waals surface area contributed by atoms with E-state index in [-0.39, 0.29) is 0 Å². The number of rotatable bonds is 4. The third-order valence-corrected chi connectivity index (χ3v) is 6.93. The van der Waals surface area contributed by atoms with E-state index in [2.05, 4.69) is 60.7 Å². The predicted octanol–water partition coefficient (Wildman–Crippen LogP) is 3.77. The minimum atomic E-state index is 0.354. The summed E-state index contributed by atoms with van der Waals surface area (Å²) >= 11 is 3.61. The number of hydrogen-bond donors (Lipinski definition) is 0. The minimum Gasteiger partial charge on any atom is -0.371 e. The number of para-hydroxylation sites is 1. The predicted molar refractivity (Wildman–Crippen MR) is 118 cm³/mol. The Morgan fingerprint density at radius 2 is 1.86 bits per heavy atom. The average Bonchev–Trinajstić information content (AvgIpc) is 2.74. The van der Waals surface area contributed by atoms with E-state index >= 15 is 0 Å². The van der Waals surface area contributed by atoms with Gasteiger partial charge in [0.1, 0.15) is 0 Å². The van der Waals surface area contributed by atoms with Crippen molar-refractivity contribution in [1.82, 2.24) is 14.8 Å². The quantitative estimate of drug-likeness (QED) is 0.719. The van der Waals surface area contributed by atoms with Crippen LogP contribution >= 0.6 is 15.9 Å². The second-order valence-corrected chi connectivity index (χ2v) is 8.77. The van der Waals surface area contributed by atoms with Gasteiger partial charge in [0.15, 0.2) is 0 Å². The molecule has 0 N–H and O–H groups in total. The van der Waals surface area contributed by atoms with Gasteiger partial charge >= 0.3 is 0 Å². The number of piperazine rings is 1. The number of halogens is 1. The smallest absolute Gasteiger partial charge is 0.222 e. The van der Waals surface area contributed by atoms with Crippen LogP contribution in [0.1, 0.15) is 26.2 Å². The molecule has 0 atom stereocenters. The minimum absolute atomic E-state index is 0.354. The van der Waals surface area contributed by atoms with Crippen molar-refractivity contribution in [2.75, 3.05) is 50.7 Å². The molecule has 1 amide bonds. The van der Waals surface area contributed by atoms with Crippen molar-refractivity contribution < 1.29 is 4.79 Å². The maximum absolute atomic E-state index is 12.7. The first-order chi connectivity index (χ1) is 13.7. The molecule has 3 heterocycles. The SMILES string of the molecule is CCN1CCN(C(=O)CC2CCN(c3ccnc4c(Br)cccc34)CC2)CC1. The molecular weight excluding hydrogens is 416 g/mol. The molecule has 2 aliphatic heterocycles. The largest absolute Gasteiger partial charge is 0.371 e. The van der Waals surface area contributed by atoms with Crippen LogP contribution in [0.15, 0.2) is 34.9 Å². The van der Waals surface area contributed by atoms with Gasteiger partial charge < -0.3 is 14.7 Å². The Morgan fingerprint density at radius 3 is 2.57 bits per heavy atom. The maximum Gasteiger partial charge on any atom is 0.222 e. The van der Waals surface area contributed by atoms with Crippen LogP contribution in [0.2, 0.25) is 0 Å². The highest BCUT2D eigenvalue weighted by molar-refractivity contribution is 9.10. The highest BCUT2D eigenvalue weighted by atomic mass is 79.9. The summed E-state index contributed by atoms with van der Waals surface area (Å²) in [6, 6.07) is 8.38. The number of nitrogens with zero attached hydrogens (tertiary/aromatic N) is 4. The first-order valence-electron chi connectivity index (χ1n) is 10.4. The fourth-order valence-electron chi connectivity index (χ4n) is 4.47. The second-order valence-electron chi connectivity index (χ2n) is 7.92. The molecule has 0 unspecified atom stereocenters. The first-order valence-corrected chi connectivity index (χ1v) is 11.2. The molecule has 1 aromatic heterocycles. The van der Waals surface area contributed by atoms with Crippen LogP contribution in [0.25, 0.3) is 10.9 Å². The van der Waals surface area contributed by atoms with Crippen LogP contribution in [-0.2, 0) is 4.79 Å². The van der Waals surface area contributed by atoms with Crippen molar-refractivity contribution in [1.29, 1.82) is 0 Å². The standard InChI is InChI=1S/C22H29BrN4O/c1-2-25-12-14-27(15-13-25)21(28)16-17-7-10-26(11-8-17)20-6-9-24-22-18(20)4-3-5-19(22)23/h3-6,9,17H,2,7-8,10-16H2,1H3. The number of fused-ring (bicyclic) bond motifs is 1. The Morgan fingerprint density at radius 1 is 1.11 bits per heavy atom. The molecule has 0 bridgehead atoms. The van der Waals surface area contributed by atoms with Crippen LogP contribution in [0, 0.1) is 5.92 Å². The fourth-order valence-corrected chi connectivity index (χ4v) is 4.94. The zero-order valence-corrected chi connectivity index (χ0v) is 18.2. The van der Waals surface area contributed by atoms with Gasteiger partial charge in [0.05, 0.1) is 5.52 Å². The van der Waals surface area contributed by atoms with Crippen LogP contribution < -0.4 is 4.90 Å². The highest BCUT2D eigenvalue weighted by Crippen LogP contribution is 2.33. The molecule has 4 rings (SSSR count). The van der Waals surface area contributed by atoms with Gasteiger partial charge in [0.2, 0.25) is 5.91 Å². The number of amides is 1. The van der Waals surface area contributed by atoms with Crippen LogP contribution in [-0.4, -0.2) is 66.5 Å². The molecule has 6 heteroatoms. The summed E-state index contributed by atoms with van der Waals surface area (Å²) in [4.78, 5) is 24.2. The molecule has 1 aromatic carbocycles. The van der Waals surface area contributed by atoms with Gasteiger partial charge in [-0.1, -0.05) is 19.1 Å². The van der Waals surface area contributed by atoms with E-state index in [0.717, 1.165) is 68.6 Å². The van der Waals surface area contributed by atoms with E-state index in [0.29, 0.717) is 18.2 Å². The summed E-state index contributed by atoms with van der Waals surface area (Å²) in [5.41, 5.74) is 2.27. The number of pyridine rings is 1. The first kappa shape index (κ1) is 19.6. The number of aromatic nitrogens is 1. The normalized spacial score (nSPS) is 19.4. The van der Waals surface area contributed by atoms with Crippen molar-refractivity contribution >= 4 is 38.4 Å². The zero-order valence-electron chi connectivity index (χ0n) is 16.6. The van der Waals surface area contributed by atoms with Gasteiger partial charge in [0, 0.05) is 67.4 Å². The topological polar surface area (TPSA) is 39.7 Å². The number of piperidine rings is 1. The average molecular weight is 445 g/mol. The Balaban J connectivity index is 1.34. The van der Waals surface area contributed by atoms with Crippen LogP contribution in [0.4, 0.5) is 5.69 Å². The molecule has 150 valence electrons. The number of likely N-dealkylation sites (N-methyl/N-ethyl adjacent to an activating group) is 1. The van der Waals surface area contributed by atoms with E-state index in [4.69, 9.17) is 0 Å². The third kappa shape index (κ3) is 4.18. The van der Waals surface area contributed by atoms with E-state index in [9.17, 15) is 4.79 Å². The van der Waals surface area contributed by atoms with Crippen molar-refractivity contribution in [3.05, 3.63) is 34.9 Å². The number of benzene rings is 1. The summed E-state index contributed by atoms with van der Waals surface area (Å²) in [6.45, 7) is 9.11. The van der Waals surface area contributed by atoms with E-state index in [1.54, 1.807) is 0 Å². The van der Waals surface area contributed by atoms with Crippen LogP contribution in [0.3, 0.4) is 0 Å². The van der Waals surface area contributed by atoms with Gasteiger partial charge in [-0.05, 0) is 53.4 Å². The lowest BCUT2D eigenvalue weighted by Crippen LogP contribution is -2.49. The van der Waals surface area contributed by atoms with Gasteiger partial charge in [-0.3, -0.25) is 9.78 Å². The lowest BCUT2D eigenvalue weighted by Gasteiger charge is -2.37. The molecule has 0 saturated carbocycles. The van der Waals surface area contributed by atoms with Gasteiger partial charge in [-0.2, -0.15) is 0 Å². The molecule has 28 heavy (non-hydrogen) atoms. The van der Waals surface area contributed by atoms with Crippen molar-refractivity contribution in [2.24, 2.45) is 5.92 Å². The molecule has 5 nitrogen and oxygen atoms in total. The molecule has 2 fully saturated rings. The van der Waals surface area contributed by atoms with Gasteiger partial charge in [0.25, 0.3) is 0 Å². The number of anilines is 1. The summed E-state index contributed by atoms with van der Waals surface area (Å²) in [5, 5.41) is 1.19. The number of carbonyl (C=O) groups excluding carboxylic acids is 1. The Bertz CT molecular complexity index is 826. The molecule has 2 saturated heterocycles. The van der Waals surface area contributed by atoms with Crippen molar-refractivity contribution in [3.8, 4) is 0 Å². The molecule has 0 spiro atoms. The van der Waals surface area contributed by atoms with E-state index in [1.807, 2.05) is 12.3 Å². The Kier molecular flexibility index (Phi) is 6.16. The summed E-state index contributed by atoms with van der Waals surface area (Å²) < 4.78 is 1.04. The molecule has 0 radical (unpaired) electrons. The maximum atomic E-state index is 12.7.